The van der Waals surface area contributed by atoms with E-state index in [2.05, 4.69) is 9.97 Å². The van der Waals surface area contributed by atoms with Crippen LogP contribution >= 0.6 is 23.2 Å². The first-order valence-electron chi connectivity index (χ1n) is 6.81. The van der Waals surface area contributed by atoms with Gasteiger partial charge in [-0.3, -0.25) is 4.79 Å². The Kier molecular flexibility index (Phi) is 4.59. The Morgan fingerprint density at radius 3 is 2.67 bits per heavy atom. The number of aromatic nitrogens is 2. The van der Waals surface area contributed by atoms with Crippen molar-refractivity contribution in [3.8, 4) is 11.5 Å². The summed E-state index contributed by atoms with van der Waals surface area (Å²) < 4.78 is 24.4. The molecule has 0 amide bonds. The quantitative estimate of drug-likeness (QED) is 0.677. The summed E-state index contributed by atoms with van der Waals surface area (Å²) in [5, 5.41) is 0.810. The van der Waals surface area contributed by atoms with Crippen molar-refractivity contribution in [3.63, 3.8) is 0 Å². The van der Waals surface area contributed by atoms with Gasteiger partial charge in [0.05, 0.1) is 33.8 Å². The minimum absolute atomic E-state index is 0.0418. The molecule has 1 aromatic heterocycles. The van der Waals surface area contributed by atoms with E-state index in [1.165, 1.54) is 13.2 Å². The van der Waals surface area contributed by atoms with Crippen LogP contribution in [0.4, 0.5) is 4.39 Å². The maximum atomic E-state index is 13.7. The molecule has 0 bridgehead atoms. The van der Waals surface area contributed by atoms with Crippen LogP contribution in [0.2, 0.25) is 10.0 Å². The van der Waals surface area contributed by atoms with E-state index in [4.69, 9.17) is 32.7 Å². The van der Waals surface area contributed by atoms with Crippen LogP contribution in [-0.4, -0.2) is 23.4 Å². The molecule has 8 heteroatoms. The van der Waals surface area contributed by atoms with E-state index in [1.807, 2.05) is 0 Å². The van der Waals surface area contributed by atoms with Crippen molar-refractivity contribution in [3.05, 3.63) is 51.5 Å². The van der Waals surface area contributed by atoms with Crippen LogP contribution in [0.15, 0.2) is 24.3 Å². The third-order valence-corrected chi connectivity index (χ3v) is 4.07. The summed E-state index contributed by atoms with van der Waals surface area (Å²) in [5.74, 6) is 0.229. The molecule has 0 aliphatic carbocycles. The number of carbonyl (C=O) groups excluding carboxylic acids is 1. The van der Waals surface area contributed by atoms with Crippen molar-refractivity contribution in [2.75, 3.05) is 7.11 Å². The minimum Gasteiger partial charge on any atom is -0.493 e. The number of carbonyl (C=O) groups is 1. The van der Waals surface area contributed by atoms with Crippen molar-refractivity contribution in [2.24, 2.45) is 0 Å². The van der Waals surface area contributed by atoms with E-state index >= 15 is 0 Å². The smallest absolute Gasteiger partial charge is 0.164 e. The van der Waals surface area contributed by atoms with Gasteiger partial charge in [0.1, 0.15) is 18.2 Å². The molecule has 24 heavy (non-hydrogen) atoms. The number of benzene rings is 2. The highest BCUT2D eigenvalue weighted by Crippen LogP contribution is 2.31. The van der Waals surface area contributed by atoms with Crippen molar-refractivity contribution < 1.29 is 18.7 Å². The number of rotatable bonds is 5. The molecule has 0 saturated heterocycles. The Morgan fingerprint density at radius 2 is 1.96 bits per heavy atom. The molecule has 1 N–H and O–H groups in total. The van der Waals surface area contributed by atoms with Crippen LogP contribution in [0.5, 0.6) is 11.5 Å². The van der Waals surface area contributed by atoms with Crippen LogP contribution in [0.25, 0.3) is 11.0 Å². The summed E-state index contributed by atoms with van der Waals surface area (Å²) in [6.07, 6.45) is 0.411. The van der Waals surface area contributed by atoms with Gasteiger partial charge in [0.2, 0.25) is 0 Å². The molecule has 0 saturated carbocycles. The van der Waals surface area contributed by atoms with Gasteiger partial charge in [0, 0.05) is 6.07 Å². The monoisotopic (exact) mass is 368 g/mol. The maximum Gasteiger partial charge on any atom is 0.164 e. The van der Waals surface area contributed by atoms with Crippen LogP contribution in [0, 0.1) is 5.82 Å². The van der Waals surface area contributed by atoms with Gasteiger partial charge in [0.25, 0.3) is 0 Å². The summed E-state index contributed by atoms with van der Waals surface area (Å²) in [4.78, 5) is 18.1. The number of ether oxygens (including phenoxy) is 2. The predicted octanol–water partition coefficient (Wildman–Crippen LogP) is 4.41. The van der Waals surface area contributed by atoms with Gasteiger partial charge in [-0.1, -0.05) is 23.2 Å². The normalized spacial score (nSPS) is 10.8. The van der Waals surface area contributed by atoms with Crippen LogP contribution in [0.1, 0.15) is 16.2 Å². The molecule has 5 nitrogen and oxygen atoms in total. The lowest BCUT2D eigenvalue weighted by atomic mass is 10.2. The second-order valence-corrected chi connectivity index (χ2v) is 5.71. The SMILES string of the molecule is COc1cc(C=O)c(F)cc1OCc1nc2cc(Cl)c(Cl)cc2[nH]1. The zero-order chi connectivity index (χ0) is 17.3. The number of imidazole rings is 1. The molecule has 0 spiro atoms. The number of halogens is 3. The summed E-state index contributed by atoms with van der Waals surface area (Å²) in [6, 6.07) is 5.67. The number of nitrogens with one attached hydrogen (secondary N) is 1. The fourth-order valence-electron chi connectivity index (χ4n) is 2.19. The summed E-state index contributed by atoms with van der Waals surface area (Å²) >= 11 is 11.9. The fraction of sp³-hybridized carbons (Fsp3) is 0.125. The highest BCUT2D eigenvalue weighted by molar-refractivity contribution is 6.42. The van der Waals surface area contributed by atoms with Gasteiger partial charge in [0.15, 0.2) is 17.8 Å². The molecule has 0 radical (unpaired) electrons. The molecule has 2 aromatic carbocycles. The number of fused-ring (bicyclic) bond motifs is 1. The molecular weight excluding hydrogens is 358 g/mol. The van der Waals surface area contributed by atoms with Crippen LogP contribution < -0.4 is 9.47 Å². The van der Waals surface area contributed by atoms with Crippen LogP contribution in [-0.2, 0) is 6.61 Å². The highest BCUT2D eigenvalue weighted by Gasteiger charge is 2.13. The van der Waals surface area contributed by atoms with Gasteiger partial charge in [-0.25, -0.2) is 9.37 Å². The topological polar surface area (TPSA) is 64.2 Å². The van der Waals surface area contributed by atoms with Crippen LogP contribution in [0.3, 0.4) is 0 Å². The van der Waals surface area contributed by atoms with Crippen molar-refractivity contribution >= 4 is 40.5 Å². The molecule has 0 fully saturated rings. The Hall–Kier alpha value is -2.31. The van der Waals surface area contributed by atoms with Gasteiger partial charge in [-0.15, -0.1) is 0 Å². The molecule has 1 heterocycles. The number of aldehydes is 1. The van der Waals surface area contributed by atoms with E-state index < -0.39 is 5.82 Å². The molecule has 0 aliphatic rings. The van der Waals surface area contributed by atoms with E-state index in [9.17, 15) is 9.18 Å². The number of aromatic amines is 1. The molecular formula is C16H11Cl2FN2O3. The average molecular weight is 369 g/mol. The largest absolute Gasteiger partial charge is 0.493 e. The number of methoxy groups -OCH3 is 1. The number of H-pyrrole nitrogens is 1. The number of hydrogen-bond acceptors (Lipinski definition) is 4. The first kappa shape index (κ1) is 16.5. The third-order valence-electron chi connectivity index (χ3n) is 3.35. The second-order valence-electron chi connectivity index (χ2n) is 4.90. The highest BCUT2D eigenvalue weighted by atomic mass is 35.5. The Morgan fingerprint density at radius 1 is 1.21 bits per heavy atom. The van der Waals surface area contributed by atoms with Crippen molar-refractivity contribution in [1.29, 1.82) is 0 Å². The van der Waals surface area contributed by atoms with Crippen molar-refractivity contribution in [2.45, 2.75) is 6.61 Å². The summed E-state index contributed by atoms with van der Waals surface area (Å²) in [6.45, 7) is 0.0418. The van der Waals surface area contributed by atoms with Gasteiger partial charge in [-0.2, -0.15) is 0 Å². The first-order valence-corrected chi connectivity index (χ1v) is 7.56. The van der Waals surface area contributed by atoms with Gasteiger partial charge in [-0.05, 0) is 18.2 Å². The standard InChI is InChI=1S/C16H11Cl2FN2O3/c1-23-14-2-8(6-22)11(19)5-15(14)24-7-16-20-12-3-9(17)10(18)4-13(12)21-16/h2-6H,7H2,1H3,(H,20,21). The second kappa shape index (κ2) is 6.67. The van der Waals surface area contributed by atoms with E-state index in [0.717, 1.165) is 6.07 Å². The number of hydrogen-bond donors (Lipinski definition) is 1. The Bertz CT molecular complexity index is 888. The van der Waals surface area contributed by atoms with Crippen molar-refractivity contribution in [1.82, 2.24) is 9.97 Å². The lowest BCUT2D eigenvalue weighted by molar-refractivity contribution is 0.111. The predicted molar refractivity (Wildman–Crippen MR) is 88.8 cm³/mol. The molecule has 3 aromatic rings. The Balaban J connectivity index is 1.85. The zero-order valence-electron chi connectivity index (χ0n) is 12.4. The average Bonchev–Trinajstić information content (AvgIpc) is 2.95. The lowest BCUT2D eigenvalue weighted by Crippen LogP contribution is -2.01. The first-order chi connectivity index (χ1) is 11.5. The number of nitrogens with zero attached hydrogens (tertiary/aromatic N) is 1. The fourth-order valence-corrected chi connectivity index (χ4v) is 2.51. The van der Waals surface area contributed by atoms with Gasteiger partial charge >= 0.3 is 0 Å². The molecule has 3 rings (SSSR count). The zero-order valence-corrected chi connectivity index (χ0v) is 13.9. The minimum atomic E-state index is -0.691. The van der Waals surface area contributed by atoms with E-state index in [-0.39, 0.29) is 23.7 Å². The third kappa shape index (κ3) is 3.16. The molecule has 0 atom stereocenters. The summed E-state index contributed by atoms with van der Waals surface area (Å²) in [5.41, 5.74) is 1.24. The van der Waals surface area contributed by atoms with Gasteiger partial charge < -0.3 is 14.5 Å². The van der Waals surface area contributed by atoms with E-state index in [1.54, 1.807) is 12.1 Å². The molecule has 0 aliphatic heterocycles. The maximum absolute atomic E-state index is 13.7. The molecule has 124 valence electrons. The summed E-state index contributed by atoms with van der Waals surface area (Å²) in [7, 11) is 1.40. The lowest BCUT2D eigenvalue weighted by Gasteiger charge is -2.10. The van der Waals surface area contributed by atoms with E-state index in [0.29, 0.717) is 33.2 Å². The molecule has 0 unspecified atom stereocenters. The Labute approximate surface area is 146 Å².